The number of fused-ring (bicyclic) bond motifs is 1. The van der Waals surface area contributed by atoms with Crippen molar-refractivity contribution >= 4 is 16.8 Å². The number of phenolic OH excluding ortho intramolecular Hbond substituents is 1. The van der Waals surface area contributed by atoms with Gasteiger partial charge in [0.15, 0.2) is 0 Å². The van der Waals surface area contributed by atoms with Crippen molar-refractivity contribution in [1.29, 1.82) is 0 Å². The van der Waals surface area contributed by atoms with Gasteiger partial charge in [-0.2, -0.15) is 0 Å². The predicted molar refractivity (Wildman–Crippen MR) is 121 cm³/mol. The van der Waals surface area contributed by atoms with Crippen molar-refractivity contribution in [3.05, 3.63) is 47.4 Å². The molecule has 30 heavy (non-hydrogen) atoms. The number of carbonyl (C=O) groups excluding carboxylic acids is 1. The number of amides is 1. The standard InChI is InChI=1S/C23H31N5O2/c1-25(2)13-17-20-18(11-16(22(17)29)15-9-8-10-24-12-15)28(7)19(14-26(3)4)21(20)23(30)27(5)6/h8-12,29H,13-14H2,1-7H3. The van der Waals surface area contributed by atoms with Crippen LogP contribution >= 0.6 is 0 Å². The Hall–Kier alpha value is -2.90. The van der Waals surface area contributed by atoms with Gasteiger partial charge >= 0.3 is 0 Å². The van der Waals surface area contributed by atoms with E-state index in [4.69, 9.17) is 0 Å². The number of aryl methyl sites for hydroxylation is 1. The molecule has 7 heteroatoms. The Labute approximate surface area is 178 Å². The van der Waals surface area contributed by atoms with Crippen molar-refractivity contribution in [1.82, 2.24) is 24.3 Å². The average Bonchev–Trinajstić information content (AvgIpc) is 2.95. The van der Waals surface area contributed by atoms with E-state index in [0.717, 1.165) is 27.7 Å². The number of hydrogen-bond donors (Lipinski definition) is 1. The van der Waals surface area contributed by atoms with E-state index >= 15 is 0 Å². The van der Waals surface area contributed by atoms with Crippen LogP contribution < -0.4 is 0 Å². The van der Waals surface area contributed by atoms with Crippen molar-refractivity contribution in [2.24, 2.45) is 7.05 Å². The molecule has 0 saturated carbocycles. The third-order valence-electron chi connectivity index (χ3n) is 5.22. The van der Waals surface area contributed by atoms with Crippen LogP contribution in [0.25, 0.3) is 22.0 Å². The lowest BCUT2D eigenvalue weighted by molar-refractivity contribution is 0.0827. The maximum atomic E-state index is 13.3. The number of benzene rings is 1. The molecule has 160 valence electrons. The van der Waals surface area contributed by atoms with E-state index in [2.05, 4.69) is 9.55 Å². The lowest BCUT2D eigenvalue weighted by Gasteiger charge is -2.18. The van der Waals surface area contributed by atoms with Crippen LogP contribution in [-0.4, -0.2) is 77.6 Å². The molecule has 0 aliphatic carbocycles. The highest BCUT2D eigenvalue weighted by Gasteiger charge is 2.28. The van der Waals surface area contributed by atoms with E-state index in [0.29, 0.717) is 24.2 Å². The lowest BCUT2D eigenvalue weighted by atomic mass is 9.96. The molecule has 1 amide bonds. The molecule has 3 aromatic rings. The first kappa shape index (κ1) is 21.8. The number of hydrogen-bond acceptors (Lipinski definition) is 5. The largest absolute Gasteiger partial charge is 0.507 e. The van der Waals surface area contributed by atoms with Crippen LogP contribution in [0.2, 0.25) is 0 Å². The van der Waals surface area contributed by atoms with Gasteiger partial charge in [0, 0.05) is 74.4 Å². The number of rotatable bonds is 6. The van der Waals surface area contributed by atoms with Gasteiger partial charge in [-0.3, -0.25) is 9.78 Å². The second kappa shape index (κ2) is 8.45. The fraction of sp³-hybridized carbons (Fsp3) is 0.391. The van der Waals surface area contributed by atoms with Gasteiger partial charge in [0.2, 0.25) is 0 Å². The maximum Gasteiger partial charge on any atom is 0.255 e. The minimum atomic E-state index is -0.0639. The summed E-state index contributed by atoms with van der Waals surface area (Å²) < 4.78 is 2.07. The monoisotopic (exact) mass is 409 g/mol. The third kappa shape index (κ3) is 3.91. The van der Waals surface area contributed by atoms with Gasteiger partial charge in [-0.05, 0) is 40.3 Å². The highest BCUT2D eigenvalue weighted by molar-refractivity contribution is 6.11. The zero-order chi connectivity index (χ0) is 22.2. The van der Waals surface area contributed by atoms with Crippen LogP contribution in [0.15, 0.2) is 30.6 Å². The van der Waals surface area contributed by atoms with Gasteiger partial charge < -0.3 is 24.4 Å². The molecule has 2 heterocycles. The van der Waals surface area contributed by atoms with Gasteiger partial charge in [-0.1, -0.05) is 6.07 Å². The number of aromatic hydroxyl groups is 1. The second-order valence-corrected chi connectivity index (χ2v) is 8.44. The zero-order valence-electron chi connectivity index (χ0n) is 18.9. The Balaban J connectivity index is 2.47. The molecule has 0 unspecified atom stereocenters. The molecule has 0 spiro atoms. The van der Waals surface area contributed by atoms with E-state index in [9.17, 15) is 9.90 Å². The van der Waals surface area contributed by atoms with E-state index < -0.39 is 0 Å². The topological polar surface area (TPSA) is 64.8 Å². The molecule has 0 fully saturated rings. The number of pyridine rings is 1. The number of phenols is 1. The summed E-state index contributed by atoms with van der Waals surface area (Å²) in [6.07, 6.45) is 3.46. The van der Waals surface area contributed by atoms with Gasteiger partial charge in [-0.25, -0.2) is 0 Å². The third-order valence-corrected chi connectivity index (χ3v) is 5.22. The Morgan fingerprint density at radius 1 is 1.10 bits per heavy atom. The SMILES string of the molecule is CN(C)Cc1c(O)c(-c2cccnc2)cc2c1c(C(=O)N(C)C)c(CN(C)C)n2C. The fourth-order valence-corrected chi connectivity index (χ4v) is 3.86. The summed E-state index contributed by atoms with van der Waals surface area (Å²) in [7, 11) is 13.4. The molecule has 0 aliphatic heterocycles. The normalized spacial score (nSPS) is 11.6. The van der Waals surface area contributed by atoms with Gasteiger partial charge in [0.25, 0.3) is 5.91 Å². The Morgan fingerprint density at radius 2 is 1.77 bits per heavy atom. The fourth-order valence-electron chi connectivity index (χ4n) is 3.86. The molecule has 1 N–H and O–H groups in total. The molecule has 3 rings (SSSR count). The first-order valence-corrected chi connectivity index (χ1v) is 9.91. The first-order valence-electron chi connectivity index (χ1n) is 9.91. The van der Waals surface area contributed by atoms with Crippen molar-refractivity contribution < 1.29 is 9.90 Å². The molecule has 0 radical (unpaired) electrons. The zero-order valence-corrected chi connectivity index (χ0v) is 18.9. The first-order chi connectivity index (χ1) is 14.1. The second-order valence-electron chi connectivity index (χ2n) is 8.44. The predicted octanol–water partition coefficient (Wildman–Crippen LogP) is 2.77. The van der Waals surface area contributed by atoms with Crippen LogP contribution in [0.3, 0.4) is 0 Å². The summed E-state index contributed by atoms with van der Waals surface area (Å²) in [6.45, 7) is 1.13. The molecule has 7 nitrogen and oxygen atoms in total. The van der Waals surface area contributed by atoms with Crippen molar-refractivity contribution in [3.8, 4) is 16.9 Å². The Bertz CT molecular complexity index is 1070. The summed E-state index contributed by atoms with van der Waals surface area (Å²) in [4.78, 5) is 23.1. The molecule has 0 bridgehead atoms. The van der Waals surface area contributed by atoms with Gasteiger partial charge in [0.05, 0.1) is 11.1 Å². The smallest absolute Gasteiger partial charge is 0.255 e. The minimum absolute atomic E-state index is 0.0639. The van der Waals surface area contributed by atoms with Gasteiger partial charge in [-0.15, -0.1) is 0 Å². The van der Waals surface area contributed by atoms with Crippen LogP contribution in [0, 0.1) is 0 Å². The molecule has 0 saturated heterocycles. The lowest BCUT2D eigenvalue weighted by Crippen LogP contribution is -2.25. The summed E-state index contributed by atoms with van der Waals surface area (Å²) in [6, 6.07) is 5.75. The minimum Gasteiger partial charge on any atom is -0.507 e. The highest BCUT2D eigenvalue weighted by Crippen LogP contribution is 2.41. The highest BCUT2D eigenvalue weighted by atomic mass is 16.3. The van der Waals surface area contributed by atoms with Crippen molar-refractivity contribution in [2.75, 3.05) is 42.3 Å². The van der Waals surface area contributed by atoms with Crippen LogP contribution in [-0.2, 0) is 20.1 Å². The van der Waals surface area contributed by atoms with Crippen molar-refractivity contribution in [2.45, 2.75) is 13.1 Å². The van der Waals surface area contributed by atoms with E-state index in [1.165, 1.54) is 0 Å². The van der Waals surface area contributed by atoms with Crippen LogP contribution in [0.4, 0.5) is 0 Å². The quantitative estimate of drug-likeness (QED) is 0.678. The van der Waals surface area contributed by atoms with E-state index in [1.807, 2.05) is 63.2 Å². The number of carbonyl (C=O) groups is 1. The Kier molecular flexibility index (Phi) is 6.14. The molecule has 2 aromatic heterocycles. The van der Waals surface area contributed by atoms with Crippen molar-refractivity contribution in [3.63, 3.8) is 0 Å². The maximum absolute atomic E-state index is 13.3. The summed E-state index contributed by atoms with van der Waals surface area (Å²) in [5.41, 5.74) is 4.81. The van der Waals surface area contributed by atoms with E-state index in [-0.39, 0.29) is 11.7 Å². The molecular weight excluding hydrogens is 378 g/mol. The molecule has 1 aromatic carbocycles. The Morgan fingerprint density at radius 3 is 2.30 bits per heavy atom. The van der Waals surface area contributed by atoms with Crippen LogP contribution in [0.5, 0.6) is 5.75 Å². The van der Waals surface area contributed by atoms with Crippen LogP contribution in [0.1, 0.15) is 21.6 Å². The summed E-state index contributed by atoms with van der Waals surface area (Å²) in [5, 5.41) is 12.1. The number of aromatic nitrogens is 2. The number of nitrogens with zero attached hydrogens (tertiary/aromatic N) is 5. The molecular formula is C23H31N5O2. The average molecular weight is 410 g/mol. The van der Waals surface area contributed by atoms with Gasteiger partial charge in [0.1, 0.15) is 5.75 Å². The summed E-state index contributed by atoms with van der Waals surface area (Å²) >= 11 is 0. The van der Waals surface area contributed by atoms with E-state index in [1.54, 1.807) is 31.4 Å². The molecule has 0 aliphatic rings. The summed E-state index contributed by atoms with van der Waals surface area (Å²) in [5.74, 6) is 0.130. The molecule has 0 atom stereocenters.